The van der Waals surface area contributed by atoms with Crippen molar-refractivity contribution in [1.29, 1.82) is 0 Å². The first kappa shape index (κ1) is 22.8. The van der Waals surface area contributed by atoms with Gasteiger partial charge in [-0.3, -0.25) is 4.79 Å². The minimum atomic E-state index is -0.975. The van der Waals surface area contributed by atoms with Crippen LogP contribution in [0.15, 0.2) is 48.5 Å². The number of fused-ring (bicyclic) bond motifs is 3. The molecule has 1 aliphatic carbocycles. The number of aliphatic carboxylic acids is 1. The van der Waals surface area contributed by atoms with Gasteiger partial charge in [-0.05, 0) is 41.5 Å². The van der Waals surface area contributed by atoms with Crippen LogP contribution in [-0.4, -0.2) is 53.2 Å². The SMILES string of the molecule is CCC[C@H](CC(=O)N1CCC[C@@H]1C(=O)O)NC(=O)OCC1c2ccccc2-c2ccccc21. The lowest BCUT2D eigenvalue weighted by Gasteiger charge is -2.25. The summed E-state index contributed by atoms with van der Waals surface area (Å²) in [5.74, 6) is -1.25. The zero-order chi connectivity index (χ0) is 23.4. The maximum atomic E-state index is 12.7. The predicted octanol–water partition coefficient (Wildman–Crippen LogP) is 4.16. The number of nitrogens with one attached hydrogen (secondary N) is 1. The van der Waals surface area contributed by atoms with Crippen LogP contribution in [0.3, 0.4) is 0 Å². The van der Waals surface area contributed by atoms with Gasteiger partial charge in [0.1, 0.15) is 12.6 Å². The van der Waals surface area contributed by atoms with E-state index in [4.69, 9.17) is 4.74 Å². The third-order valence-corrected chi connectivity index (χ3v) is 6.58. The van der Waals surface area contributed by atoms with Gasteiger partial charge in [-0.2, -0.15) is 0 Å². The predicted molar refractivity (Wildman–Crippen MR) is 124 cm³/mol. The van der Waals surface area contributed by atoms with Gasteiger partial charge < -0.3 is 20.1 Å². The van der Waals surface area contributed by atoms with Gasteiger partial charge in [0, 0.05) is 24.9 Å². The highest BCUT2D eigenvalue weighted by Gasteiger charge is 2.35. The van der Waals surface area contributed by atoms with E-state index in [9.17, 15) is 19.5 Å². The van der Waals surface area contributed by atoms with Crippen LogP contribution in [0.4, 0.5) is 4.79 Å². The number of carboxylic acid groups (broad SMARTS) is 1. The summed E-state index contributed by atoms with van der Waals surface area (Å²) in [6.07, 6.45) is 2.06. The number of amides is 2. The number of benzene rings is 2. The average Bonchev–Trinajstić information content (AvgIpc) is 3.42. The number of hydrogen-bond donors (Lipinski definition) is 2. The molecule has 0 unspecified atom stereocenters. The van der Waals surface area contributed by atoms with Crippen LogP contribution < -0.4 is 5.32 Å². The molecule has 2 aromatic rings. The summed E-state index contributed by atoms with van der Waals surface area (Å²) in [4.78, 5) is 38.2. The van der Waals surface area contributed by atoms with Crippen molar-refractivity contribution in [1.82, 2.24) is 10.2 Å². The van der Waals surface area contributed by atoms with Crippen molar-refractivity contribution in [2.45, 2.75) is 57.0 Å². The first-order chi connectivity index (χ1) is 16.0. The van der Waals surface area contributed by atoms with E-state index in [1.807, 2.05) is 31.2 Å². The second-order valence-electron chi connectivity index (χ2n) is 8.74. The van der Waals surface area contributed by atoms with Gasteiger partial charge in [-0.1, -0.05) is 61.9 Å². The van der Waals surface area contributed by atoms with Gasteiger partial charge >= 0.3 is 12.1 Å². The minimum Gasteiger partial charge on any atom is -0.480 e. The number of hydrogen-bond acceptors (Lipinski definition) is 4. The molecule has 1 fully saturated rings. The largest absolute Gasteiger partial charge is 0.480 e. The molecule has 0 spiro atoms. The van der Waals surface area contributed by atoms with Crippen molar-refractivity contribution in [2.75, 3.05) is 13.2 Å². The van der Waals surface area contributed by atoms with E-state index in [1.165, 1.54) is 4.90 Å². The first-order valence-corrected chi connectivity index (χ1v) is 11.6. The molecule has 2 atom stereocenters. The van der Waals surface area contributed by atoms with E-state index >= 15 is 0 Å². The number of rotatable bonds is 8. The monoisotopic (exact) mass is 450 g/mol. The second-order valence-corrected chi connectivity index (χ2v) is 8.74. The van der Waals surface area contributed by atoms with Gasteiger partial charge in [0.2, 0.25) is 5.91 Å². The van der Waals surface area contributed by atoms with Gasteiger partial charge in [0.15, 0.2) is 0 Å². The Morgan fingerprint density at radius 3 is 2.33 bits per heavy atom. The number of likely N-dealkylation sites (tertiary alicyclic amines) is 1. The molecule has 2 N–H and O–H groups in total. The zero-order valence-electron chi connectivity index (χ0n) is 18.8. The Morgan fingerprint density at radius 2 is 1.73 bits per heavy atom. The van der Waals surface area contributed by atoms with Crippen molar-refractivity contribution >= 4 is 18.0 Å². The number of carbonyl (C=O) groups is 3. The van der Waals surface area contributed by atoms with Crippen LogP contribution in [0, 0.1) is 0 Å². The van der Waals surface area contributed by atoms with Crippen molar-refractivity contribution in [3.05, 3.63) is 59.7 Å². The molecule has 33 heavy (non-hydrogen) atoms. The van der Waals surface area contributed by atoms with Crippen LogP contribution in [0.5, 0.6) is 0 Å². The molecule has 7 nitrogen and oxygen atoms in total. The molecule has 0 saturated carbocycles. The summed E-state index contributed by atoms with van der Waals surface area (Å²) >= 11 is 0. The molecule has 1 heterocycles. The van der Waals surface area contributed by atoms with Crippen LogP contribution in [0.2, 0.25) is 0 Å². The Morgan fingerprint density at radius 1 is 1.09 bits per heavy atom. The van der Waals surface area contributed by atoms with E-state index in [0.717, 1.165) is 28.7 Å². The highest BCUT2D eigenvalue weighted by molar-refractivity contribution is 5.85. The Kier molecular flexibility index (Phi) is 6.96. The van der Waals surface area contributed by atoms with Gasteiger partial charge in [-0.25, -0.2) is 9.59 Å². The summed E-state index contributed by atoms with van der Waals surface area (Å²) in [5, 5.41) is 12.2. The van der Waals surface area contributed by atoms with Crippen LogP contribution in [-0.2, 0) is 14.3 Å². The average molecular weight is 451 g/mol. The number of carbonyl (C=O) groups excluding carboxylic acids is 2. The van der Waals surface area contributed by atoms with Crippen molar-refractivity contribution in [3.63, 3.8) is 0 Å². The quantitative estimate of drug-likeness (QED) is 0.630. The Labute approximate surface area is 193 Å². The molecule has 7 heteroatoms. The number of alkyl carbamates (subject to hydrolysis) is 1. The third-order valence-electron chi connectivity index (χ3n) is 6.58. The number of carboxylic acids is 1. The molecule has 2 aliphatic rings. The maximum absolute atomic E-state index is 12.7. The van der Waals surface area contributed by atoms with Gasteiger partial charge in [0.05, 0.1) is 0 Å². The normalized spacial score (nSPS) is 17.8. The second kappa shape index (κ2) is 10.1. The Bertz CT molecular complexity index is 991. The molecule has 0 bridgehead atoms. The summed E-state index contributed by atoms with van der Waals surface area (Å²) < 4.78 is 5.61. The highest BCUT2D eigenvalue weighted by atomic mass is 16.5. The van der Waals surface area contributed by atoms with Crippen molar-refractivity contribution < 1.29 is 24.2 Å². The Hall–Kier alpha value is -3.35. The first-order valence-electron chi connectivity index (χ1n) is 11.6. The third kappa shape index (κ3) is 4.87. The summed E-state index contributed by atoms with van der Waals surface area (Å²) in [6.45, 7) is 2.63. The van der Waals surface area contributed by atoms with E-state index in [2.05, 4.69) is 29.6 Å². The number of nitrogens with zero attached hydrogens (tertiary/aromatic N) is 1. The van der Waals surface area contributed by atoms with Crippen LogP contribution >= 0.6 is 0 Å². The lowest BCUT2D eigenvalue weighted by atomic mass is 9.98. The van der Waals surface area contributed by atoms with Crippen molar-refractivity contribution in [3.8, 4) is 11.1 Å². The van der Waals surface area contributed by atoms with Crippen molar-refractivity contribution in [2.24, 2.45) is 0 Å². The molecule has 0 aromatic heterocycles. The lowest BCUT2D eigenvalue weighted by molar-refractivity contribution is -0.148. The molecular weight excluding hydrogens is 420 g/mol. The van der Waals surface area contributed by atoms with Crippen LogP contribution in [0.1, 0.15) is 56.1 Å². The molecule has 174 valence electrons. The van der Waals surface area contributed by atoms with E-state index in [0.29, 0.717) is 25.8 Å². The summed E-state index contributed by atoms with van der Waals surface area (Å²) in [5.41, 5.74) is 4.60. The van der Waals surface area contributed by atoms with E-state index in [1.54, 1.807) is 0 Å². The smallest absolute Gasteiger partial charge is 0.407 e. The molecule has 2 amide bonds. The molecular formula is C26H30N2O5. The fourth-order valence-electron chi connectivity index (χ4n) is 5.03. The topological polar surface area (TPSA) is 95.9 Å². The summed E-state index contributed by atoms with van der Waals surface area (Å²) in [7, 11) is 0. The Balaban J connectivity index is 1.37. The summed E-state index contributed by atoms with van der Waals surface area (Å²) in [6, 6.07) is 15.1. The van der Waals surface area contributed by atoms with Gasteiger partial charge in [0.25, 0.3) is 0 Å². The molecule has 0 radical (unpaired) electrons. The fourth-order valence-corrected chi connectivity index (χ4v) is 5.03. The number of ether oxygens (including phenoxy) is 1. The minimum absolute atomic E-state index is 0.0321. The maximum Gasteiger partial charge on any atom is 0.407 e. The lowest BCUT2D eigenvalue weighted by Crippen LogP contribution is -2.44. The molecule has 2 aromatic carbocycles. The van der Waals surface area contributed by atoms with E-state index in [-0.39, 0.29) is 24.9 Å². The van der Waals surface area contributed by atoms with E-state index < -0.39 is 24.1 Å². The standard InChI is InChI=1S/C26H30N2O5/c1-2-8-17(15-24(29)28-14-7-13-23(28)25(30)31)27-26(32)33-16-22-20-11-5-3-9-18(20)19-10-4-6-12-21(19)22/h3-6,9-12,17,22-23H,2,7-8,13-16H2,1H3,(H,27,32)(H,30,31)/t17-,23-/m1/s1. The van der Waals surface area contributed by atoms with Gasteiger partial charge in [-0.15, -0.1) is 0 Å². The van der Waals surface area contributed by atoms with Crippen LogP contribution in [0.25, 0.3) is 11.1 Å². The fraction of sp³-hybridized carbons (Fsp3) is 0.423. The highest BCUT2D eigenvalue weighted by Crippen LogP contribution is 2.44. The molecule has 1 aliphatic heterocycles. The zero-order valence-corrected chi connectivity index (χ0v) is 18.8. The molecule has 4 rings (SSSR count). The molecule has 1 saturated heterocycles.